The molecule has 0 unspecified atom stereocenters. The second-order valence-electron chi connectivity index (χ2n) is 9.95. The maximum atomic E-state index is 13.8. The van der Waals surface area contributed by atoms with E-state index in [1.54, 1.807) is 49.5 Å². The first-order chi connectivity index (χ1) is 18.6. The van der Waals surface area contributed by atoms with Gasteiger partial charge in [-0.15, -0.1) is 0 Å². The SMILES string of the molecule is C=C(c1ccc(NS(=O)(=O)c2cccc3cccnc23)cc1)N1CCN(Cc2cc(C)c(F)c(F)c2)C[C@H]1C. The molecule has 0 saturated carbocycles. The summed E-state index contributed by atoms with van der Waals surface area (Å²) in [6, 6.07) is 18.9. The molecule has 1 atom stereocenters. The molecule has 0 spiro atoms. The lowest BCUT2D eigenvalue weighted by atomic mass is 10.1. The van der Waals surface area contributed by atoms with Crippen LogP contribution in [0.5, 0.6) is 0 Å². The number of nitrogens with zero attached hydrogens (tertiary/aromatic N) is 3. The second-order valence-corrected chi connectivity index (χ2v) is 11.6. The van der Waals surface area contributed by atoms with Crippen LogP contribution in [0.2, 0.25) is 0 Å². The van der Waals surface area contributed by atoms with Gasteiger partial charge in [0.2, 0.25) is 0 Å². The molecule has 9 heteroatoms. The first-order valence-electron chi connectivity index (χ1n) is 12.7. The number of hydrogen-bond acceptors (Lipinski definition) is 5. The standard InChI is InChI=1S/C30H30F2N4O2S/c1-20-16-23(17-27(31)29(20)32)19-35-14-15-36(21(2)18-35)22(3)24-9-11-26(12-10-24)34-39(37,38)28-8-4-6-25-7-5-13-33-30(25)28/h4-13,16-17,21,34H,3,14-15,18-19H2,1-2H3/t21-/m1/s1. The highest BCUT2D eigenvalue weighted by atomic mass is 32.2. The summed E-state index contributed by atoms with van der Waals surface area (Å²) < 4.78 is 56.4. The quantitative estimate of drug-likeness (QED) is 0.316. The van der Waals surface area contributed by atoms with E-state index in [4.69, 9.17) is 0 Å². The molecule has 39 heavy (non-hydrogen) atoms. The molecule has 5 rings (SSSR count). The number of sulfonamides is 1. The van der Waals surface area contributed by atoms with Crippen LogP contribution in [-0.2, 0) is 16.6 Å². The monoisotopic (exact) mass is 548 g/mol. The highest BCUT2D eigenvalue weighted by molar-refractivity contribution is 7.93. The summed E-state index contributed by atoms with van der Waals surface area (Å²) >= 11 is 0. The minimum absolute atomic E-state index is 0.124. The first kappa shape index (κ1) is 26.8. The lowest BCUT2D eigenvalue weighted by Crippen LogP contribution is -2.50. The molecule has 1 fully saturated rings. The number of nitrogens with one attached hydrogen (secondary N) is 1. The smallest absolute Gasteiger partial charge is 0.264 e. The topological polar surface area (TPSA) is 65.5 Å². The third kappa shape index (κ3) is 5.65. The number of para-hydroxylation sites is 1. The maximum Gasteiger partial charge on any atom is 0.264 e. The zero-order chi connectivity index (χ0) is 27.7. The van der Waals surface area contributed by atoms with Gasteiger partial charge < -0.3 is 4.90 Å². The lowest BCUT2D eigenvalue weighted by Gasteiger charge is -2.42. The molecule has 1 aliphatic rings. The average Bonchev–Trinajstić information content (AvgIpc) is 2.91. The molecule has 4 aromatic rings. The van der Waals surface area contributed by atoms with Gasteiger partial charge >= 0.3 is 0 Å². The van der Waals surface area contributed by atoms with E-state index in [2.05, 4.69) is 33.0 Å². The van der Waals surface area contributed by atoms with Crippen LogP contribution in [-0.4, -0.2) is 48.9 Å². The lowest BCUT2D eigenvalue weighted by molar-refractivity contribution is 0.123. The minimum Gasteiger partial charge on any atom is -0.366 e. The van der Waals surface area contributed by atoms with E-state index >= 15 is 0 Å². The zero-order valence-electron chi connectivity index (χ0n) is 21.9. The Hall–Kier alpha value is -3.82. The molecule has 1 saturated heterocycles. The van der Waals surface area contributed by atoms with Crippen LogP contribution in [0.3, 0.4) is 0 Å². The zero-order valence-corrected chi connectivity index (χ0v) is 22.7. The van der Waals surface area contributed by atoms with Crippen LogP contribution in [0.4, 0.5) is 14.5 Å². The number of hydrogen-bond donors (Lipinski definition) is 1. The number of pyridine rings is 1. The summed E-state index contributed by atoms with van der Waals surface area (Å²) in [6.45, 7) is 10.7. The second kappa shape index (κ2) is 10.7. The Labute approximate surface area is 227 Å². The van der Waals surface area contributed by atoms with Crippen molar-refractivity contribution in [2.75, 3.05) is 24.4 Å². The molecule has 3 aromatic carbocycles. The van der Waals surface area contributed by atoms with Crippen LogP contribution in [0.1, 0.15) is 23.6 Å². The average molecular weight is 549 g/mol. The Bertz CT molecular complexity index is 1610. The van der Waals surface area contributed by atoms with Crippen molar-refractivity contribution in [3.63, 3.8) is 0 Å². The molecule has 1 aliphatic heterocycles. The van der Waals surface area contributed by atoms with E-state index in [1.807, 2.05) is 24.3 Å². The Morgan fingerprint density at radius 3 is 2.54 bits per heavy atom. The summed E-state index contributed by atoms with van der Waals surface area (Å²) in [5.74, 6) is -1.61. The molecular formula is C30H30F2N4O2S. The van der Waals surface area contributed by atoms with Crippen molar-refractivity contribution in [3.05, 3.63) is 108 Å². The van der Waals surface area contributed by atoms with Gasteiger partial charge in [0.1, 0.15) is 4.90 Å². The molecule has 0 bridgehead atoms. The third-order valence-electron chi connectivity index (χ3n) is 7.09. The van der Waals surface area contributed by atoms with Gasteiger partial charge in [-0.05, 0) is 60.9 Å². The fourth-order valence-electron chi connectivity index (χ4n) is 5.12. The number of benzene rings is 3. The van der Waals surface area contributed by atoms with Crippen molar-refractivity contribution in [3.8, 4) is 0 Å². The Morgan fingerprint density at radius 1 is 1.08 bits per heavy atom. The highest BCUT2D eigenvalue weighted by Crippen LogP contribution is 2.27. The summed E-state index contributed by atoms with van der Waals surface area (Å²) in [5.41, 5.74) is 3.66. The van der Waals surface area contributed by atoms with Crippen molar-refractivity contribution in [2.45, 2.75) is 31.3 Å². The number of anilines is 1. The Morgan fingerprint density at radius 2 is 1.82 bits per heavy atom. The van der Waals surface area contributed by atoms with Gasteiger partial charge in [-0.1, -0.05) is 43.0 Å². The van der Waals surface area contributed by atoms with Gasteiger partial charge in [0.25, 0.3) is 10.0 Å². The van der Waals surface area contributed by atoms with E-state index in [0.717, 1.165) is 41.8 Å². The van der Waals surface area contributed by atoms with Crippen molar-refractivity contribution < 1.29 is 17.2 Å². The molecule has 0 radical (unpaired) electrons. The van der Waals surface area contributed by atoms with E-state index < -0.39 is 21.7 Å². The van der Waals surface area contributed by atoms with Crippen molar-refractivity contribution >= 4 is 32.3 Å². The molecule has 1 N–H and O–H groups in total. The number of rotatable bonds is 7. The number of aryl methyl sites for hydroxylation is 1. The fourth-order valence-corrected chi connectivity index (χ4v) is 6.36. The van der Waals surface area contributed by atoms with Gasteiger partial charge in [0, 0.05) is 55.2 Å². The van der Waals surface area contributed by atoms with Crippen LogP contribution in [0, 0.1) is 18.6 Å². The minimum atomic E-state index is -3.84. The molecule has 6 nitrogen and oxygen atoms in total. The fraction of sp³-hybridized carbons (Fsp3) is 0.233. The number of aromatic nitrogens is 1. The highest BCUT2D eigenvalue weighted by Gasteiger charge is 2.26. The normalized spacial score (nSPS) is 16.4. The number of halogens is 2. The van der Waals surface area contributed by atoms with E-state index in [-0.39, 0.29) is 10.9 Å². The van der Waals surface area contributed by atoms with Crippen LogP contribution in [0.25, 0.3) is 16.6 Å². The summed E-state index contributed by atoms with van der Waals surface area (Å²) in [5, 5.41) is 0.751. The molecule has 0 aliphatic carbocycles. The predicted octanol–water partition coefficient (Wildman–Crippen LogP) is 5.80. The molecule has 202 valence electrons. The van der Waals surface area contributed by atoms with Crippen molar-refractivity contribution in [1.82, 2.24) is 14.8 Å². The van der Waals surface area contributed by atoms with E-state index in [9.17, 15) is 17.2 Å². The van der Waals surface area contributed by atoms with Crippen molar-refractivity contribution in [1.29, 1.82) is 0 Å². The van der Waals surface area contributed by atoms with E-state index in [1.165, 1.54) is 6.07 Å². The van der Waals surface area contributed by atoms with Gasteiger partial charge in [-0.3, -0.25) is 14.6 Å². The van der Waals surface area contributed by atoms with Gasteiger partial charge in [0.05, 0.1) is 5.52 Å². The molecule has 0 amide bonds. The molecule has 2 heterocycles. The van der Waals surface area contributed by atoms with Crippen LogP contribution < -0.4 is 4.72 Å². The van der Waals surface area contributed by atoms with Gasteiger partial charge in [-0.2, -0.15) is 0 Å². The van der Waals surface area contributed by atoms with Crippen molar-refractivity contribution in [2.24, 2.45) is 0 Å². The summed E-state index contributed by atoms with van der Waals surface area (Å²) in [4.78, 5) is 8.82. The summed E-state index contributed by atoms with van der Waals surface area (Å²) in [6.07, 6.45) is 1.58. The summed E-state index contributed by atoms with van der Waals surface area (Å²) in [7, 11) is -3.84. The number of fused-ring (bicyclic) bond motifs is 1. The third-order valence-corrected chi connectivity index (χ3v) is 8.50. The Kier molecular flexibility index (Phi) is 7.38. The largest absolute Gasteiger partial charge is 0.366 e. The predicted molar refractivity (Wildman–Crippen MR) is 151 cm³/mol. The maximum absolute atomic E-state index is 13.8. The van der Waals surface area contributed by atoms with E-state index in [0.29, 0.717) is 23.3 Å². The molecule has 1 aromatic heterocycles. The van der Waals surface area contributed by atoms with Gasteiger partial charge in [-0.25, -0.2) is 17.2 Å². The van der Waals surface area contributed by atoms with Gasteiger partial charge in [0.15, 0.2) is 11.6 Å². The Balaban J connectivity index is 1.24. The first-order valence-corrected chi connectivity index (χ1v) is 14.2. The van der Waals surface area contributed by atoms with Crippen LogP contribution in [0.15, 0.2) is 84.4 Å². The number of piperazine rings is 1. The molecular weight excluding hydrogens is 518 g/mol. The van der Waals surface area contributed by atoms with Crippen LogP contribution >= 0.6 is 0 Å².